The number of methoxy groups -OCH3 is 1. The van der Waals surface area contributed by atoms with Crippen molar-refractivity contribution < 1.29 is 18.8 Å². The summed E-state index contributed by atoms with van der Waals surface area (Å²) in [6, 6.07) is 11.4. The molecule has 1 aliphatic carbocycles. The van der Waals surface area contributed by atoms with Gasteiger partial charge in [-0.15, -0.1) is 0 Å². The molecule has 0 radical (unpaired) electrons. The molecule has 5 rings (SSSR count). The van der Waals surface area contributed by atoms with Crippen LogP contribution in [-0.2, 0) is 4.74 Å². The fraction of sp³-hybridized carbons (Fsp3) is 0.364. The molecule has 2 fully saturated rings. The lowest BCUT2D eigenvalue weighted by Crippen LogP contribution is -2.44. The number of nitrogens with zero attached hydrogens (tertiary/aromatic N) is 3. The third kappa shape index (κ3) is 3.96. The maximum Gasteiger partial charge on any atom is 0.273 e. The molecular formula is C22H22N4O5. The summed E-state index contributed by atoms with van der Waals surface area (Å²) < 4.78 is 17.5. The fourth-order valence-corrected chi connectivity index (χ4v) is 3.72. The van der Waals surface area contributed by atoms with Crippen LogP contribution < -0.4 is 15.6 Å². The van der Waals surface area contributed by atoms with E-state index in [-0.39, 0.29) is 30.4 Å². The van der Waals surface area contributed by atoms with Gasteiger partial charge in [0.1, 0.15) is 17.6 Å². The molecule has 0 spiro atoms. The van der Waals surface area contributed by atoms with Gasteiger partial charge in [-0.1, -0.05) is 17.3 Å². The first-order chi connectivity index (χ1) is 15.1. The SMILES string of the molecule is COc1cccc(-c2ccc(=O)n(C3COCC3NC(=O)c3cc(C4CC4)on3)n2)c1. The Morgan fingerprint density at radius 1 is 1.19 bits per heavy atom. The van der Waals surface area contributed by atoms with E-state index in [0.29, 0.717) is 17.4 Å². The molecule has 31 heavy (non-hydrogen) atoms. The van der Waals surface area contributed by atoms with E-state index in [1.54, 1.807) is 19.2 Å². The van der Waals surface area contributed by atoms with Gasteiger partial charge in [0.25, 0.3) is 11.5 Å². The molecule has 2 unspecified atom stereocenters. The van der Waals surface area contributed by atoms with Crippen LogP contribution in [0.3, 0.4) is 0 Å². The van der Waals surface area contributed by atoms with Crippen molar-refractivity contribution in [3.63, 3.8) is 0 Å². The summed E-state index contributed by atoms with van der Waals surface area (Å²) in [7, 11) is 1.60. The minimum absolute atomic E-state index is 0.234. The quantitative estimate of drug-likeness (QED) is 0.648. The van der Waals surface area contributed by atoms with Gasteiger partial charge in [-0.25, -0.2) is 4.68 Å². The molecular weight excluding hydrogens is 400 g/mol. The van der Waals surface area contributed by atoms with Crippen molar-refractivity contribution in [3.8, 4) is 17.0 Å². The molecule has 2 aromatic heterocycles. The fourth-order valence-electron chi connectivity index (χ4n) is 3.72. The molecule has 9 nitrogen and oxygen atoms in total. The van der Waals surface area contributed by atoms with Crippen molar-refractivity contribution in [2.24, 2.45) is 0 Å². The van der Waals surface area contributed by atoms with Crippen LogP contribution in [0.2, 0.25) is 0 Å². The smallest absolute Gasteiger partial charge is 0.273 e. The van der Waals surface area contributed by atoms with Crippen molar-refractivity contribution >= 4 is 5.91 Å². The van der Waals surface area contributed by atoms with Crippen LogP contribution in [-0.4, -0.2) is 47.2 Å². The van der Waals surface area contributed by atoms with E-state index in [2.05, 4.69) is 15.6 Å². The molecule has 3 heterocycles. The summed E-state index contributed by atoms with van der Waals surface area (Å²) >= 11 is 0. The molecule has 1 amide bonds. The van der Waals surface area contributed by atoms with Crippen LogP contribution in [0, 0.1) is 0 Å². The van der Waals surface area contributed by atoms with Crippen molar-refractivity contribution in [2.75, 3.05) is 20.3 Å². The number of amides is 1. The Balaban J connectivity index is 1.38. The summed E-state index contributed by atoms with van der Waals surface area (Å²) in [4.78, 5) is 25.2. The number of hydrogen-bond donors (Lipinski definition) is 1. The molecule has 1 saturated heterocycles. The second kappa shape index (κ2) is 7.99. The van der Waals surface area contributed by atoms with Crippen LogP contribution in [0.15, 0.2) is 51.8 Å². The molecule has 160 valence electrons. The van der Waals surface area contributed by atoms with Gasteiger partial charge in [0.2, 0.25) is 0 Å². The number of benzene rings is 1. The first-order valence-electron chi connectivity index (χ1n) is 10.2. The second-order valence-corrected chi connectivity index (χ2v) is 7.81. The minimum atomic E-state index is -0.434. The number of ether oxygens (including phenoxy) is 2. The molecule has 2 aliphatic rings. The Morgan fingerprint density at radius 2 is 2.06 bits per heavy atom. The van der Waals surface area contributed by atoms with Gasteiger partial charge in [0, 0.05) is 23.6 Å². The van der Waals surface area contributed by atoms with E-state index in [0.717, 1.165) is 24.2 Å². The molecule has 1 aliphatic heterocycles. The van der Waals surface area contributed by atoms with Gasteiger partial charge in [-0.2, -0.15) is 5.10 Å². The third-order valence-corrected chi connectivity index (χ3v) is 5.61. The van der Waals surface area contributed by atoms with E-state index >= 15 is 0 Å². The van der Waals surface area contributed by atoms with Crippen molar-refractivity contribution in [1.82, 2.24) is 20.3 Å². The van der Waals surface area contributed by atoms with Gasteiger partial charge in [0.15, 0.2) is 5.69 Å². The summed E-state index contributed by atoms with van der Waals surface area (Å²) in [6.45, 7) is 0.548. The summed E-state index contributed by atoms with van der Waals surface area (Å²) in [5, 5.41) is 11.3. The Labute approximate surface area is 178 Å². The first-order valence-corrected chi connectivity index (χ1v) is 10.2. The van der Waals surface area contributed by atoms with Crippen molar-refractivity contribution in [1.29, 1.82) is 0 Å². The van der Waals surface area contributed by atoms with E-state index in [9.17, 15) is 9.59 Å². The largest absolute Gasteiger partial charge is 0.497 e. The normalized spacial score (nSPS) is 20.5. The third-order valence-electron chi connectivity index (χ3n) is 5.61. The first kappa shape index (κ1) is 19.5. The van der Waals surface area contributed by atoms with E-state index < -0.39 is 12.1 Å². The minimum Gasteiger partial charge on any atom is -0.497 e. The number of carbonyl (C=O) groups excluding carboxylic acids is 1. The lowest BCUT2D eigenvalue weighted by atomic mass is 10.1. The number of nitrogens with one attached hydrogen (secondary N) is 1. The lowest BCUT2D eigenvalue weighted by Gasteiger charge is -2.20. The summed E-state index contributed by atoms with van der Waals surface area (Å²) in [6.07, 6.45) is 2.13. The highest BCUT2D eigenvalue weighted by molar-refractivity contribution is 5.92. The van der Waals surface area contributed by atoms with E-state index in [1.807, 2.05) is 24.3 Å². The van der Waals surface area contributed by atoms with Crippen LogP contribution in [0.5, 0.6) is 5.75 Å². The van der Waals surface area contributed by atoms with Crippen LogP contribution >= 0.6 is 0 Å². The number of hydrogen-bond acceptors (Lipinski definition) is 7. The van der Waals surface area contributed by atoms with Gasteiger partial charge >= 0.3 is 0 Å². The highest BCUT2D eigenvalue weighted by Crippen LogP contribution is 2.40. The molecule has 9 heteroatoms. The summed E-state index contributed by atoms with van der Waals surface area (Å²) in [5.41, 5.74) is 1.42. The topological polar surface area (TPSA) is 108 Å². The van der Waals surface area contributed by atoms with Crippen molar-refractivity contribution in [3.05, 3.63) is 64.3 Å². The molecule has 3 aromatic rings. The molecule has 1 aromatic carbocycles. The molecule has 1 N–H and O–H groups in total. The average molecular weight is 422 g/mol. The van der Waals surface area contributed by atoms with E-state index in [4.69, 9.17) is 14.0 Å². The number of rotatable bonds is 6. The van der Waals surface area contributed by atoms with Crippen LogP contribution in [0.25, 0.3) is 11.3 Å². The average Bonchev–Trinajstić information content (AvgIpc) is 3.34. The molecule has 1 saturated carbocycles. The number of aromatic nitrogens is 3. The molecule has 2 atom stereocenters. The Hall–Kier alpha value is -3.46. The van der Waals surface area contributed by atoms with Gasteiger partial charge in [0.05, 0.1) is 32.1 Å². The maximum atomic E-state index is 12.7. The van der Waals surface area contributed by atoms with Crippen LogP contribution in [0.1, 0.15) is 41.1 Å². The zero-order valence-corrected chi connectivity index (χ0v) is 17.0. The zero-order valence-electron chi connectivity index (χ0n) is 17.0. The standard InChI is InChI=1S/C22H22N4O5/c1-29-15-4-2-3-14(9-15)16-7-8-21(27)26(24-16)19-12-30-11-18(19)23-22(28)17-10-20(31-25-17)13-5-6-13/h2-4,7-10,13,18-19H,5-6,11-12H2,1H3,(H,23,28). The molecule has 0 bridgehead atoms. The summed E-state index contributed by atoms with van der Waals surface area (Å²) in [5.74, 6) is 1.46. The number of carbonyl (C=O) groups is 1. The highest BCUT2D eigenvalue weighted by atomic mass is 16.5. The Kier molecular flexibility index (Phi) is 5.03. The Bertz CT molecular complexity index is 1170. The van der Waals surface area contributed by atoms with E-state index in [1.165, 1.54) is 10.7 Å². The van der Waals surface area contributed by atoms with Gasteiger partial charge in [-0.3, -0.25) is 9.59 Å². The van der Waals surface area contributed by atoms with Gasteiger partial charge < -0.3 is 19.3 Å². The predicted octanol–water partition coefficient (Wildman–Crippen LogP) is 2.15. The second-order valence-electron chi connectivity index (χ2n) is 7.81. The highest BCUT2D eigenvalue weighted by Gasteiger charge is 2.34. The maximum absolute atomic E-state index is 12.7. The Morgan fingerprint density at radius 3 is 2.87 bits per heavy atom. The predicted molar refractivity (Wildman–Crippen MR) is 110 cm³/mol. The van der Waals surface area contributed by atoms with Crippen LogP contribution in [0.4, 0.5) is 0 Å². The lowest BCUT2D eigenvalue weighted by molar-refractivity contribution is 0.0915. The monoisotopic (exact) mass is 422 g/mol. The van der Waals surface area contributed by atoms with Gasteiger partial charge in [-0.05, 0) is 31.0 Å². The zero-order chi connectivity index (χ0) is 21.4. The van der Waals surface area contributed by atoms with Crippen molar-refractivity contribution in [2.45, 2.75) is 30.8 Å².